The van der Waals surface area contributed by atoms with E-state index in [2.05, 4.69) is 89.8 Å². The summed E-state index contributed by atoms with van der Waals surface area (Å²) in [4.78, 5) is 7.07. The number of hydrogen-bond donors (Lipinski definition) is 0. The first kappa shape index (κ1) is 21.7. The van der Waals surface area contributed by atoms with Crippen LogP contribution < -0.4 is 4.90 Å². The molecule has 0 saturated heterocycles. The van der Waals surface area contributed by atoms with Crippen molar-refractivity contribution in [3.8, 4) is 11.5 Å². The minimum atomic E-state index is 0.587. The third kappa shape index (κ3) is 3.57. The molecule has 0 aliphatic heterocycles. The number of nitrogens with zero attached hydrogens (tertiary/aromatic N) is 2. The molecular formula is C35H22N2O2. The van der Waals surface area contributed by atoms with E-state index in [0.717, 1.165) is 55.7 Å². The topological polar surface area (TPSA) is 42.4 Å². The van der Waals surface area contributed by atoms with Gasteiger partial charge in [0.15, 0.2) is 5.58 Å². The lowest BCUT2D eigenvalue weighted by Gasteiger charge is -2.26. The van der Waals surface area contributed by atoms with Gasteiger partial charge < -0.3 is 13.7 Å². The Kier molecular flexibility index (Phi) is 4.79. The molecule has 184 valence electrons. The highest BCUT2D eigenvalue weighted by atomic mass is 16.3. The summed E-state index contributed by atoms with van der Waals surface area (Å²) in [5.41, 5.74) is 7.36. The Balaban J connectivity index is 1.36. The molecule has 0 aliphatic carbocycles. The summed E-state index contributed by atoms with van der Waals surface area (Å²) in [6, 6.07) is 45.8. The van der Waals surface area contributed by atoms with Crippen molar-refractivity contribution in [2.45, 2.75) is 0 Å². The van der Waals surface area contributed by atoms with Gasteiger partial charge in [-0.3, -0.25) is 0 Å². The minimum absolute atomic E-state index is 0.587. The first-order valence-electron chi connectivity index (χ1n) is 13.0. The van der Waals surface area contributed by atoms with E-state index in [1.165, 1.54) is 10.8 Å². The number of furan rings is 1. The van der Waals surface area contributed by atoms with Crippen LogP contribution >= 0.6 is 0 Å². The van der Waals surface area contributed by atoms with Gasteiger partial charge in [0, 0.05) is 33.4 Å². The Labute approximate surface area is 224 Å². The molecule has 4 nitrogen and oxygen atoms in total. The largest absolute Gasteiger partial charge is 0.456 e. The van der Waals surface area contributed by atoms with Crippen molar-refractivity contribution >= 4 is 60.9 Å². The number of para-hydroxylation sites is 3. The molecule has 2 aromatic heterocycles. The second-order valence-electron chi connectivity index (χ2n) is 9.65. The fourth-order valence-electron chi connectivity index (χ4n) is 5.46. The van der Waals surface area contributed by atoms with Gasteiger partial charge in [0.2, 0.25) is 5.89 Å². The number of fused-ring (bicyclic) bond motifs is 5. The molecule has 0 unspecified atom stereocenters. The fourth-order valence-corrected chi connectivity index (χ4v) is 5.46. The molecule has 2 heterocycles. The molecule has 0 radical (unpaired) electrons. The van der Waals surface area contributed by atoms with Crippen molar-refractivity contribution in [1.29, 1.82) is 0 Å². The molecule has 0 fully saturated rings. The van der Waals surface area contributed by atoms with Crippen LogP contribution in [0.3, 0.4) is 0 Å². The molecule has 0 amide bonds. The predicted octanol–water partition coefficient (Wildman–Crippen LogP) is 10.0. The lowest BCUT2D eigenvalue weighted by molar-refractivity contribution is 0.620. The maximum absolute atomic E-state index is 6.30. The first-order valence-corrected chi connectivity index (χ1v) is 13.0. The number of hydrogen-bond acceptors (Lipinski definition) is 4. The van der Waals surface area contributed by atoms with Crippen LogP contribution in [0.5, 0.6) is 0 Å². The van der Waals surface area contributed by atoms with Crippen LogP contribution in [0.25, 0.3) is 55.3 Å². The Morgan fingerprint density at radius 3 is 2.13 bits per heavy atom. The van der Waals surface area contributed by atoms with Gasteiger partial charge in [-0.25, -0.2) is 4.98 Å². The lowest BCUT2D eigenvalue weighted by atomic mass is 10.0. The summed E-state index contributed by atoms with van der Waals surface area (Å²) in [6.45, 7) is 0. The molecular weight excluding hydrogens is 480 g/mol. The number of aromatic nitrogens is 1. The van der Waals surface area contributed by atoms with E-state index in [1.54, 1.807) is 0 Å². The van der Waals surface area contributed by atoms with Gasteiger partial charge in [-0.1, -0.05) is 66.7 Å². The molecule has 6 aromatic carbocycles. The van der Waals surface area contributed by atoms with Crippen LogP contribution in [0.4, 0.5) is 17.1 Å². The van der Waals surface area contributed by atoms with Crippen LogP contribution in [0.1, 0.15) is 0 Å². The molecule has 4 heteroatoms. The quantitative estimate of drug-likeness (QED) is 0.240. The highest BCUT2D eigenvalue weighted by molar-refractivity contribution is 6.13. The molecule has 8 rings (SSSR count). The van der Waals surface area contributed by atoms with E-state index in [9.17, 15) is 0 Å². The Bertz CT molecular complexity index is 2110. The molecule has 39 heavy (non-hydrogen) atoms. The van der Waals surface area contributed by atoms with Gasteiger partial charge in [-0.05, 0) is 77.5 Å². The third-order valence-corrected chi connectivity index (χ3v) is 7.27. The number of rotatable bonds is 4. The van der Waals surface area contributed by atoms with Gasteiger partial charge >= 0.3 is 0 Å². The Morgan fingerprint density at radius 2 is 1.23 bits per heavy atom. The van der Waals surface area contributed by atoms with Gasteiger partial charge in [0.25, 0.3) is 0 Å². The van der Waals surface area contributed by atoms with Crippen molar-refractivity contribution in [2.24, 2.45) is 0 Å². The third-order valence-electron chi connectivity index (χ3n) is 7.27. The zero-order chi connectivity index (χ0) is 25.8. The van der Waals surface area contributed by atoms with E-state index in [4.69, 9.17) is 13.8 Å². The molecule has 0 N–H and O–H groups in total. The van der Waals surface area contributed by atoms with Crippen molar-refractivity contribution in [1.82, 2.24) is 4.98 Å². The van der Waals surface area contributed by atoms with Crippen molar-refractivity contribution in [3.63, 3.8) is 0 Å². The molecule has 0 bridgehead atoms. The van der Waals surface area contributed by atoms with Crippen LogP contribution in [0, 0.1) is 0 Å². The highest BCUT2D eigenvalue weighted by Gasteiger charge is 2.19. The summed E-state index contributed by atoms with van der Waals surface area (Å²) in [7, 11) is 0. The summed E-state index contributed by atoms with van der Waals surface area (Å²) >= 11 is 0. The van der Waals surface area contributed by atoms with Crippen molar-refractivity contribution in [3.05, 3.63) is 133 Å². The summed E-state index contributed by atoms with van der Waals surface area (Å²) in [5, 5.41) is 4.42. The van der Waals surface area contributed by atoms with Gasteiger partial charge in [0.05, 0.1) is 0 Å². The second kappa shape index (κ2) is 8.61. The maximum Gasteiger partial charge on any atom is 0.228 e. The predicted molar refractivity (Wildman–Crippen MR) is 159 cm³/mol. The normalized spacial score (nSPS) is 11.6. The van der Waals surface area contributed by atoms with Gasteiger partial charge in [-0.2, -0.15) is 0 Å². The maximum atomic E-state index is 6.30. The van der Waals surface area contributed by atoms with E-state index in [-0.39, 0.29) is 0 Å². The van der Waals surface area contributed by atoms with Crippen molar-refractivity contribution in [2.75, 3.05) is 4.90 Å². The van der Waals surface area contributed by atoms with E-state index >= 15 is 0 Å². The number of anilines is 3. The SMILES string of the molecule is c1ccc(N(c2ccc3ccccc3c2)c2ccc3oc4cccc(-c5nc6ccccc6o5)c4c3c2)cc1. The van der Waals surface area contributed by atoms with E-state index in [1.807, 2.05) is 48.5 Å². The standard InChI is InChI=1S/C35H22N2O2/c1-2-11-25(12-3-1)37(26-18-17-23-9-4-5-10-24(23)21-26)27-19-20-31-29(22-27)34-28(13-8-16-33(34)38-31)35-36-30-14-6-7-15-32(30)39-35/h1-22H. The summed E-state index contributed by atoms with van der Waals surface area (Å²) < 4.78 is 12.5. The summed E-state index contributed by atoms with van der Waals surface area (Å²) in [6.07, 6.45) is 0. The zero-order valence-corrected chi connectivity index (χ0v) is 20.9. The highest BCUT2D eigenvalue weighted by Crippen LogP contribution is 2.42. The number of oxazole rings is 1. The van der Waals surface area contributed by atoms with Crippen LogP contribution in [-0.4, -0.2) is 4.98 Å². The minimum Gasteiger partial charge on any atom is -0.456 e. The molecule has 0 saturated carbocycles. The zero-order valence-electron chi connectivity index (χ0n) is 20.9. The second-order valence-corrected chi connectivity index (χ2v) is 9.65. The molecule has 8 aromatic rings. The lowest BCUT2D eigenvalue weighted by Crippen LogP contribution is -2.09. The molecule has 0 spiro atoms. The average Bonchev–Trinajstić information content (AvgIpc) is 3.59. The van der Waals surface area contributed by atoms with Gasteiger partial charge in [0.1, 0.15) is 16.7 Å². The van der Waals surface area contributed by atoms with Crippen LogP contribution in [0.15, 0.2) is 142 Å². The molecule has 0 aliphatic rings. The smallest absolute Gasteiger partial charge is 0.228 e. The average molecular weight is 503 g/mol. The summed E-state index contributed by atoms with van der Waals surface area (Å²) in [5.74, 6) is 0.587. The fraction of sp³-hybridized carbons (Fsp3) is 0. The van der Waals surface area contributed by atoms with Crippen LogP contribution in [-0.2, 0) is 0 Å². The number of benzene rings is 6. The monoisotopic (exact) mass is 502 g/mol. The van der Waals surface area contributed by atoms with E-state index < -0.39 is 0 Å². The van der Waals surface area contributed by atoms with Crippen molar-refractivity contribution < 1.29 is 8.83 Å². The Morgan fingerprint density at radius 1 is 0.487 bits per heavy atom. The van der Waals surface area contributed by atoms with E-state index in [0.29, 0.717) is 5.89 Å². The Hall–Kier alpha value is -5.35. The van der Waals surface area contributed by atoms with Crippen LogP contribution in [0.2, 0.25) is 0 Å². The molecule has 0 atom stereocenters. The van der Waals surface area contributed by atoms with Gasteiger partial charge in [-0.15, -0.1) is 0 Å². The first-order chi connectivity index (χ1) is 19.3.